The summed E-state index contributed by atoms with van der Waals surface area (Å²) in [6.07, 6.45) is 0. The monoisotopic (exact) mass is 469 g/mol. The summed E-state index contributed by atoms with van der Waals surface area (Å²) < 4.78 is 0. The molecule has 2 heterocycles. The van der Waals surface area contributed by atoms with Crippen LogP contribution in [-0.4, -0.2) is 42.0 Å². The van der Waals surface area contributed by atoms with E-state index in [0.29, 0.717) is 24.6 Å². The lowest BCUT2D eigenvalue weighted by atomic mass is 9.99. The van der Waals surface area contributed by atoms with Crippen molar-refractivity contribution in [2.24, 2.45) is 0 Å². The molecule has 1 aliphatic rings. The molecule has 0 spiro atoms. The largest absolute Gasteiger partial charge is 0.368 e. The number of carbonyl (C=O) groups is 1. The van der Waals surface area contributed by atoms with Gasteiger partial charge in [0, 0.05) is 47.8 Å². The first-order valence-corrected chi connectivity index (χ1v) is 12.2. The molecule has 0 bridgehead atoms. The van der Waals surface area contributed by atoms with Gasteiger partial charge in [0.25, 0.3) is 5.91 Å². The van der Waals surface area contributed by atoms with Gasteiger partial charge < -0.3 is 9.80 Å². The molecule has 0 unspecified atom stereocenters. The molecule has 1 fully saturated rings. The van der Waals surface area contributed by atoms with Crippen molar-refractivity contribution >= 4 is 34.1 Å². The molecule has 5 heteroatoms. The van der Waals surface area contributed by atoms with Gasteiger partial charge >= 0.3 is 0 Å². The summed E-state index contributed by atoms with van der Waals surface area (Å²) in [5.41, 5.74) is 5.79. The highest BCUT2D eigenvalue weighted by molar-refractivity contribution is 6.30. The molecule has 1 aliphatic heterocycles. The quantitative estimate of drug-likeness (QED) is 0.336. The third-order valence-electron chi connectivity index (χ3n) is 6.56. The van der Waals surface area contributed by atoms with E-state index in [2.05, 4.69) is 49.1 Å². The second-order valence-corrected chi connectivity index (χ2v) is 9.54. The van der Waals surface area contributed by atoms with Gasteiger partial charge in [-0.3, -0.25) is 4.79 Å². The zero-order valence-corrected chi connectivity index (χ0v) is 20.3. The summed E-state index contributed by atoms with van der Waals surface area (Å²) in [6, 6.07) is 26.3. The number of pyridine rings is 1. The van der Waals surface area contributed by atoms with Crippen molar-refractivity contribution in [3.05, 3.63) is 95.0 Å². The maximum Gasteiger partial charge on any atom is 0.254 e. The minimum absolute atomic E-state index is 0.0596. The number of piperazine rings is 1. The average molecular weight is 470 g/mol. The first kappa shape index (κ1) is 22.4. The number of halogens is 1. The van der Waals surface area contributed by atoms with Crippen LogP contribution < -0.4 is 4.90 Å². The second-order valence-electron chi connectivity index (χ2n) is 9.11. The molecule has 0 N–H and O–H groups in total. The minimum atomic E-state index is 0.0596. The number of amides is 1. The van der Waals surface area contributed by atoms with Crippen LogP contribution in [-0.2, 0) is 0 Å². The number of benzene rings is 3. The Hall–Kier alpha value is -3.37. The van der Waals surface area contributed by atoms with Crippen LogP contribution in [0.25, 0.3) is 22.2 Å². The number of hydrogen-bond acceptors (Lipinski definition) is 3. The number of nitrogens with zero attached hydrogens (tertiary/aromatic N) is 3. The zero-order chi connectivity index (χ0) is 23.7. The van der Waals surface area contributed by atoms with E-state index in [-0.39, 0.29) is 5.91 Å². The molecule has 34 heavy (non-hydrogen) atoms. The molecule has 1 amide bonds. The maximum atomic E-state index is 13.7. The lowest BCUT2D eigenvalue weighted by Crippen LogP contribution is -2.48. The molecule has 4 aromatic rings. The van der Waals surface area contributed by atoms with E-state index < -0.39 is 0 Å². The van der Waals surface area contributed by atoms with Crippen molar-refractivity contribution < 1.29 is 4.79 Å². The molecule has 0 aliphatic carbocycles. The summed E-state index contributed by atoms with van der Waals surface area (Å²) in [6.45, 7) is 7.26. The SMILES string of the molecule is CC(C)c1ccc(-c2cc(C(=O)N3CCN(c4cccc(Cl)c4)CC3)c3ccccc3n2)cc1. The normalized spacial score (nSPS) is 14.1. The molecule has 4 nitrogen and oxygen atoms in total. The van der Waals surface area contributed by atoms with Gasteiger partial charge in [-0.2, -0.15) is 0 Å². The Morgan fingerprint density at radius 1 is 0.882 bits per heavy atom. The maximum absolute atomic E-state index is 13.7. The van der Waals surface area contributed by atoms with Crippen LogP contribution in [0.4, 0.5) is 5.69 Å². The Balaban J connectivity index is 1.43. The third-order valence-corrected chi connectivity index (χ3v) is 6.80. The Labute approximate surface area is 205 Å². The Kier molecular flexibility index (Phi) is 6.25. The van der Waals surface area contributed by atoms with Crippen LogP contribution in [0.2, 0.25) is 5.02 Å². The van der Waals surface area contributed by atoms with Gasteiger partial charge in [-0.25, -0.2) is 4.98 Å². The number of carbonyl (C=O) groups excluding carboxylic acids is 1. The molecule has 3 aromatic carbocycles. The molecule has 0 radical (unpaired) electrons. The summed E-state index contributed by atoms with van der Waals surface area (Å²) in [4.78, 5) is 22.8. The average Bonchev–Trinajstić information content (AvgIpc) is 2.88. The molecule has 172 valence electrons. The predicted molar refractivity (Wildman–Crippen MR) is 141 cm³/mol. The molecular formula is C29H28ClN3O. The van der Waals surface area contributed by atoms with Crippen LogP contribution >= 0.6 is 11.6 Å². The van der Waals surface area contributed by atoms with Gasteiger partial charge in [-0.1, -0.05) is 74.0 Å². The fourth-order valence-corrected chi connectivity index (χ4v) is 4.73. The Morgan fingerprint density at radius 3 is 2.32 bits per heavy atom. The highest BCUT2D eigenvalue weighted by Crippen LogP contribution is 2.28. The summed E-state index contributed by atoms with van der Waals surface area (Å²) >= 11 is 6.17. The van der Waals surface area contributed by atoms with E-state index in [0.717, 1.165) is 46.0 Å². The fourth-order valence-electron chi connectivity index (χ4n) is 4.55. The van der Waals surface area contributed by atoms with Crippen molar-refractivity contribution in [3.63, 3.8) is 0 Å². The second kappa shape index (κ2) is 9.47. The van der Waals surface area contributed by atoms with Crippen molar-refractivity contribution in [1.82, 2.24) is 9.88 Å². The minimum Gasteiger partial charge on any atom is -0.368 e. The van der Waals surface area contributed by atoms with E-state index >= 15 is 0 Å². The van der Waals surface area contributed by atoms with Gasteiger partial charge in [-0.15, -0.1) is 0 Å². The number of para-hydroxylation sites is 1. The van der Waals surface area contributed by atoms with Gasteiger partial charge in [0.2, 0.25) is 0 Å². The van der Waals surface area contributed by atoms with Crippen LogP contribution in [0.3, 0.4) is 0 Å². The first-order chi connectivity index (χ1) is 16.5. The fraction of sp³-hybridized carbons (Fsp3) is 0.241. The lowest BCUT2D eigenvalue weighted by Gasteiger charge is -2.36. The summed E-state index contributed by atoms with van der Waals surface area (Å²) in [5, 5.41) is 1.63. The molecular weight excluding hydrogens is 442 g/mol. The van der Waals surface area contributed by atoms with Crippen LogP contribution in [0.5, 0.6) is 0 Å². The molecule has 0 saturated carbocycles. The Bertz CT molecular complexity index is 1330. The number of fused-ring (bicyclic) bond motifs is 1. The highest BCUT2D eigenvalue weighted by Gasteiger charge is 2.24. The molecule has 1 saturated heterocycles. The Morgan fingerprint density at radius 2 is 1.62 bits per heavy atom. The van der Waals surface area contributed by atoms with Crippen molar-refractivity contribution in [2.45, 2.75) is 19.8 Å². The molecule has 1 aromatic heterocycles. The lowest BCUT2D eigenvalue weighted by molar-refractivity contribution is 0.0748. The predicted octanol–water partition coefficient (Wildman–Crippen LogP) is 6.64. The highest BCUT2D eigenvalue weighted by atomic mass is 35.5. The van der Waals surface area contributed by atoms with E-state index in [1.165, 1.54) is 5.56 Å². The molecule has 5 rings (SSSR count). The van der Waals surface area contributed by atoms with E-state index in [9.17, 15) is 4.79 Å². The van der Waals surface area contributed by atoms with Gasteiger partial charge in [0.05, 0.1) is 16.8 Å². The van der Waals surface area contributed by atoms with Gasteiger partial charge in [0.1, 0.15) is 0 Å². The van der Waals surface area contributed by atoms with Crippen LogP contribution in [0.1, 0.15) is 35.7 Å². The number of anilines is 1. The summed E-state index contributed by atoms with van der Waals surface area (Å²) in [5.74, 6) is 0.533. The van der Waals surface area contributed by atoms with E-state index in [4.69, 9.17) is 16.6 Å². The zero-order valence-electron chi connectivity index (χ0n) is 19.5. The van der Waals surface area contributed by atoms with Crippen LogP contribution in [0, 0.1) is 0 Å². The molecule has 0 atom stereocenters. The topological polar surface area (TPSA) is 36.4 Å². The number of hydrogen-bond donors (Lipinski definition) is 0. The third kappa shape index (κ3) is 4.51. The standard InChI is InChI=1S/C29H28ClN3O/c1-20(2)21-10-12-22(13-11-21)28-19-26(25-8-3-4-9-27(25)31-28)29(34)33-16-14-32(15-17-33)24-7-5-6-23(30)18-24/h3-13,18-20H,14-17H2,1-2H3. The van der Waals surface area contributed by atoms with E-state index in [1.54, 1.807) is 0 Å². The van der Waals surface area contributed by atoms with Crippen molar-refractivity contribution in [1.29, 1.82) is 0 Å². The summed E-state index contributed by atoms with van der Waals surface area (Å²) in [7, 11) is 0. The van der Waals surface area contributed by atoms with Crippen molar-refractivity contribution in [3.8, 4) is 11.3 Å². The van der Waals surface area contributed by atoms with Gasteiger partial charge in [0.15, 0.2) is 0 Å². The van der Waals surface area contributed by atoms with Crippen molar-refractivity contribution in [2.75, 3.05) is 31.1 Å². The smallest absolute Gasteiger partial charge is 0.254 e. The van der Waals surface area contributed by atoms with Gasteiger partial charge in [-0.05, 0) is 41.8 Å². The van der Waals surface area contributed by atoms with E-state index in [1.807, 2.05) is 53.4 Å². The van der Waals surface area contributed by atoms with Crippen LogP contribution in [0.15, 0.2) is 78.9 Å². The first-order valence-electron chi connectivity index (χ1n) is 11.8. The number of rotatable bonds is 4. The number of aromatic nitrogens is 1.